The van der Waals surface area contributed by atoms with E-state index >= 15 is 0 Å². The van der Waals surface area contributed by atoms with Crippen LogP contribution >= 0.6 is 11.3 Å². The van der Waals surface area contributed by atoms with Gasteiger partial charge in [-0.3, -0.25) is 4.79 Å². The fourth-order valence-corrected chi connectivity index (χ4v) is 3.56. The number of carbonyl (C=O) groups is 1. The van der Waals surface area contributed by atoms with Crippen LogP contribution < -0.4 is 5.32 Å². The predicted molar refractivity (Wildman–Crippen MR) is 105 cm³/mol. The van der Waals surface area contributed by atoms with Crippen molar-refractivity contribution in [2.24, 2.45) is 0 Å². The topological polar surface area (TPSA) is 55.1 Å². The normalized spacial score (nSPS) is 11.0. The Morgan fingerprint density at radius 2 is 1.96 bits per heavy atom. The van der Waals surface area contributed by atoms with E-state index in [9.17, 15) is 4.79 Å². The Hall–Kier alpha value is -2.92. The van der Waals surface area contributed by atoms with Gasteiger partial charge in [-0.05, 0) is 36.2 Å². The zero-order valence-corrected chi connectivity index (χ0v) is 15.2. The summed E-state index contributed by atoms with van der Waals surface area (Å²) in [5.41, 5.74) is 3.66. The van der Waals surface area contributed by atoms with Gasteiger partial charge in [-0.25, -0.2) is 4.98 Å². The molecule has 1 N–H and O–H groups in total. The molecule has 0 atom stereocenters. The highest BCUT2D eigenvalue weighted by molar-refractivity contribution is 7.10. The molecule has 0 spiro atoms. The molecule has 0 aliphatic carbocycles. The number of amides is 1. The number of benzene rings is 2. The Labute approximate surface area is 155 Å². The van der Waals surface area contributed by atoms with E-state index in [1.807, 2.05) is 60.0 Å². The summed E-state index contributed by atoms with van der Waals surface area (Å²) in [6.45, 7) is 2.11. The van der Waals surface area contributed by atoms with Gasteiger partial charge in [0.2, 0.25) is 5.91 Å². The van der Waals surface area contributed by atoms with Gasteiger partial charge in [-0.1, -0.05) is 37.3 Å². The van der Waals surface area contributed by atoms with Gasteiger partial charge in [0.05, 0.1) is 6.42 Å². The lowest BCUT2D eigenvalue weighted by atomic mass is 10.1. The summed E-state index contributed by atoms with van der Waals surface area (Å²) in [7, 11) is 0. The molecule has 4 nitrogen and oxygen atoms in total. The van der Waals surface area contributed by atoms with Crippen LogP contribution in [0.2, 0.25) is 0 Å². The van der Waals surface area contributed by atoms with Crippen LogP contribution in [0, 0.1) is 0 Å². The maximum absolute atomic E-state index is 12.3. The van der Waals surface area contributed by atoms with Crippen molar-refractivity contribution in [1.82, 2.24) is 4.98 Å². The van der Waals surface area contributed by atoms with E-state index in [0.29, 0.717) is 0 Å². The molecule has 4 rings (SSSR count). The van der Waals surface area contributed by atoms with E-state index in [4.69, 9.17) is 4.42 Å². The molecule has 0 radical (unpaired) electrons. The number of para-hydroxylation sites is 1. The summed E-state index contributed by atoms with van der Waals surface area (Å²) in [6, 6.07) is 17.7. The minimum absolute atomic E-state index is 0.0697. The molecule has 0 saturated carbocycles. The van der Waals surface area contributed by atoms with Crippen LogP contribution in [0.25, 0.3) is 22.4 Å². The first kappa shape index (κ1) is 16.5. The molecule has 1 amide bonds. The van der Waals surface area contributed by atoms with Crippen LogP contribution in [-0.4, -0.2) is 10.9 Å². The van der Waals surface area contributed by atoms with E-state index in [1.165, 1.54) is 16.9 Å². The fraction of sp³-hybridized carbons (Fsp3) is 0.143. The monoisotopic (exact) mass is 362 g/mol. The van der Waals surface area contributed by atoms with Crippen molar-refractivity contribution in [3.63, 3.8) is 0 Å². The smallest absolute Gasteiger partial charge is 0.231 e. The van der Waals surface area contributed by atoms with Gasteiger partial charge in [0.25, 0.3) is 0 Å². The zero-order valence-electron chi connectivity index (χ0n) is 14.4. The first-order valence-electron chi connectivity index (χ1n) is 8.53. The van der Waals surface area contributed by atoms with E-state index < -0.39 is 0 Å². The molecule has 0 aliphatic rings. The minimum atomic E-state index is -0.0697. The molecular weight excluding hydrogens is 344 g/mol. The molecule has 0 saturated heterocycles. The Morgan fingerprint density at radius 1 is 1.15 bits per heavy atom. The highest BCUT2D eigenvalue weighted by Crippen LogP contribution is 2.28. The van der Waals surface area contributed by atoms with Gasteiger partial charge in [-0.2, -0.15) is 0 Å². The van der Waals surface area contributed by atoms with E-state index in [1.54, 1.807) is 0 Å². The highest BCUT2D eigenvalue weighted by Gasteiger charge is 2.12. The number of nitrogens with zero attached hydrogens (tertiary/aromatic N) is 1. The van der Waals surface area contributed by atoms with Crippen molar-refractivity contribution in [2.45, 2.75) is 19.8 Å². The van der Waals surface area contributed by atoms with Crippen LogP contribution in [0.5, 0.6) is 0 Å². The number of carbonyl (C=O) groups excluding carboxylic acids is 1. The molecule has 5 heteroatoms. The number of anilines is 1. The Morgan fingerprint density at radius 3 is 2.73 bits per heavy atom. The molecule has 2 aromatic heterocycles. The van der Waals surface area contributed by atoms with Crippen molar-refractivity contribution in [3.8, 4) is 11.5 Å². The van der Waals surface area contributed by atoms with E-state index in [2.05, 4.69) is 17.2 Å². The number of aromatic nitrogens is 1. The lowest BCUT2D eigenvalue weighted by Crippen LogP contribution is -2.14. The summed E-state index contributed by atoms with van der Waals surface area (Å²) in [6.07, 6.45) is 1.23. The number of aryl methyl sites for hydroxylation is 1. The van der Waals surface area contributed by atoms with Gasteiger partial charge in [0.15, 0.2) is 5.76 Å². The number of hydrogen-bond acceptors (Lipinski definition) is 4. The van der Waals surface area contributed by atoms with Gasteiger partial charge in [0.1, 0.15) is 16.3 Å². The third kappa shape index (κ3) is 3.53. The molecule has 0 bridgehead atoms. The highest BCUT2D eigenvalue weighted by atomic mass is 32.1. The molecule has 0 fully saturated rings. The summed E-state index contributed by atoms with van der Waals surface area (Å²) in [5, 5.41) is 6.66. The summed E-state index contributed by atoms with van der Waals surface area (Å²) < 4.78 is 5.83. The quantitative estimate of drug-likeness (QED) is 0.524. The van der Waals surface area contributed by atoms with Gasteiger partial charge < -0.3 is 9.73 Å². The Bertz CT molecular complexity index is 1010. The predicted octanol–water partition coefficient (Wildman–Crippen LogP) is 5.30. The lowest BCUT2D eigenvalue weighted by Gasteiger charge is -2.04. The van der Waals surface area contributed by atoms with E-state index in [-0.39, 0.29) is 12.3 Å². The molecule has 26 heavy (non-hydrogen) atoms. The maximum Gasteiger partial charge on any atom is 0.231 e. The summed E-state index contributed by atoms with van der Waals surface area (Å²) in [4.78, 5) is 16.8. The number of thiazole rings is 1. The van der Waals surface area contributed by atoms with Gasteiger partial charge in [0, 0.05) is 16.5 Å². The maximum atomic E-state index is 12.3. The SMILES string of the molecule is CCc1ccc(NC(=O)Cc2nc(-c3cc4ccccc4o3)cs2)cc1. The van der Waals surface area contributed by atoms with Gasteiger partial charge >= 0.3 is 0 Å². The molecule has 0 unspecified atom stereocenters. The second-order valence-electron chi connectivity index (χ2n) is 6.05. The molecular formula is C21H18N2O2S. The van der Waals surface area contributed by atoms with Crippen molar-refractivity contribution in [3.05, 3.63) is 70.5 Å². The average Bonchev–Trinajstić information content (AvgIpc) is 3.28. The number of hydrogen-bond donors (Lipinski definition) is 1. The van der Waals surface area contributed by atoms with Crippen molar-refractivity contribution in [2.75, 3.05) is 5.32 Å². The third-order valence-corrected chi connectivity index (χ3v) is 5.04. The van der Waals surface area contributed by atoms with E-state index in [0.717, 1.165) is 39.5 Å². The first-order valence-corrected chi connectivity index (χ1v) is 9.41. The van der Waals surface area contributed by atoms with Gasteiger partial charge in [-0.15, -0.1) is 11.3 Å². The standard InChI is InChI=1S/C21H18N2O2S/c1-2-14-7-9-16(10-8-14)22-20(24)12-21-23-17(13-26-21)19-11-15-5-3-4-6-18(15)25-19/h3-11,13H,2,12H2,1H3,(H,22,24). The van der Waals surface area contributed by atoms with Crippen molar-refractivity contribution < 1.29 is 9.21 Å². The van der Waals surface area contributed by atoms with Crippen LogP contribution in [-0.2, 0) is 17.6 Å². The van der Waals surface area contributed by atoms with Crippen molar-refractivity contribution >= 4 is 33.9 Å². The number of fused-ring (bicyclic) bond motifs is 1. The number of rotatable bonds is 5. The van der Waals surface area contributed by atoms with Crippen LogP contribution in [0.3, 0.4) is 0 Å². The van der Waals surface area contributed by atoms with Crippen molar-refractivity contribution in [1.29, 1.82) is 0 Å². The van der Waals surface area contributed by atoms with Crippen LogP contribution in [0.1, 0.15) is 17.5 Å². The second kappa shape index (κ2) is 7.14. The zero-order chi connectivity index (χ0) is 17.9. The summed E-state index contributed by atoms with van der Waals surface area (Å²) in [5.74, 6) is 0.656. The fourth-order valence-electron chi connectivity index (χ4n) is 2.78. The van der Waals surface area contributed by atoms with Crippen LogP contribution in [0.15, 0.2) is 64.4 Å². The van der Waals surface area contributed by atoms with Crippen LogP contribution in [0.4, 0.5) is 5.69 Å². The average molecular weight is 362 g/mol. The number of furan rings is 1. The largest absolute Gasteiger partial charge is 0.454 e. The molecule has 0 aliphatic heterocycles. The molecule has 2 aromatic carbocycles. The molecule has 2 heterocycles. The summed E-state index contributed by atoms with van der Waals surface area (Å²) >= 11 is 1.47. The Kier molecular flexibility index (Phi) is 4.54. The first-order chi connectivity index (χ1) is 12.7. The molecule has 130 valence electrons. The number of nitrogens with one attached hydrogen (secondary N) is 1. The Balaban J connectivity index is 1.44. The third-order valence-electron chi connectivity index (χ3n) is 4.19. The second-order valence-corrected chi connectivity index (χ2v) is 6.99. The molecule has 4 aromatic rings. The minimum Gasteiger partial charge on any atom is -0.454 e. The lowest BCUT2D eigenvalue weighted by molar-refractivity contribution is -0.115.